The third-order valence-corrected chi connectivity index (χ3v) is 4.22. The topological polar surface area (TPSA) is 41.5 Å². The van der Waals surface area contributed by atoms with Crippen LogP contribution < -0.4 is 5.32 Å². The molecule has 1 heterocycles. The van der Waals surface area contributed by atoms with E-state index in [9.17, 15) is 5.11 Å². The van der Waals surface area contributed by atoms with Crippen molar-refractivity contribution in [3.05, 3.63) is 35.9 Å². The van der Waals surface area contributed by atoms with Crippen molar-refractivity contribution in [2.75, 3.05) is 26.4 Å². The van der Waals surface area contributed by atoms with Gasteiger partial charge in [0.25, 0.3) is 0 Å². The summed E-state index contributed by atoms with van der Waals surface area (Å²) < 4.78 is 5.41. The van der Waals surface area contributed by atoms with Crippen LogP contribution in [0.2, 0.25) is 0 Å². The zero-order valence-corrected chi connectivity index (χ0v) is 11.8. The molecule has 2 rings (SSSR count). The predicted octanol–water partition coefficient (Wildman–Crippen LogP) is 2.52. The van der Waals surface area contributed by atoms with Crippen LogP contribution >= 0.6 is 0 Å². The highest BCUT2D eigenvalue weighted by molar-refractivity contribution is 5.18. The summed E-state index contributed by atoms with van der Waals surface area (Å²) in [4.78, 5) is 0. The van der Waals surface area contributed by atoms with Gasteiger partial charge in [0.1, 0.15) is 0 Å². The minimum atomic E-state index is 0.000447. The average Bonchev–Trinajstić information content (AvgIpc) is 2.50. The number of nitrogens with one attached hydrogen (secondary N) is 1. The van der Waals surface area contributed by atoms with Crippen molar-refractivity contribution >= 4 is 0 Å². The fraction of sp³-hybridized carbons (Fsp3) is 0.625. The van der Waals surface area contributed by atoms with E-state index in [-0.39, 0.29) is 12.0 Å². The smallest absolute Gasteiger partial charge is 0.0501 e. The summed E-state index contributed by atoms with van der Waals surface area (Å²) in [6.45, 7) is 4.84. The van der Waals surface area contributed by atoms with Crippen molar-refractivity contribution in [1.82, 2.24) is 5.32 Å². The Morgan fingerprint density at radius 2 is 1.95 bits per heavy atom. The highest BCUT2D eigenvalue weighted by Gasteiger charge is 2.32. The second-order valence-electron chi connectivity index (χ2n) is 5.52. The molecule has 0 bridgehead atoms. The van der Waals surface area contributed by atoms with Gasteiger partial charge < -0.3 is 15.2 Å². The van der Waals surface area contributed by atoms with Crippen LogP contribution in [0.5, 0.6) is 0 Å². The molecule has 0 saturated carbocycles. The summed E-state index contributed by atoms with van der Waals surface area (Å²) in [5, 5.41) is 13.3. The molecule has 1 aromatic rings. The maximum absolute atomic E-state index is 9.70. The Kier molecular flexibility index (Phi) is 5.37. The molecule has 19 heavy (non-hydrogen) atoms. The molecule has 0 spiro atoms. The monoisotopic (exact) mass is 263 g/mol. The van der Waals surface area contributed by atoms with Crippen LogP contribution in [0.4, 0.5) is 0 Å². The molecule has 106 valence electrons. The van der Waals surface area contributed by atoms with Gasteiger partial charge in [-0.3, -0.25) is 0 Å². The first-order chi connectivity index (χ1) is 9.29. The molecule has 1 fully saturated rings. The van der Waals surface area contributed by atoms with Gasteiger partial charge in [0.05, 0.1) is 6.61 Å². The largest absolute Gasteiger partial charge is 0.396 e. The van der Waals surface area contributed by atoms with Gasteiger partial charge in [-0.25, -0.2) is 0 Å². The molecule has 0 aromatic heterocycles. The molecule has 0 aliphatic carbocycles. The normalized spacial score (nSPS) is 20.1. The number of hydrogen-bond donors (Lipinski definition) is 2. The molecule has 3 nitrogen and oxygen atoms in total. The van der Waals surface area contributed by atoms with E-state index in [1.807, 2.05) is 6.07 Å². The molecular formula is C16H25NO2. The van der Waals surface area contributed by atoms with E-state index < -0.39 is 0 Å². The van der Waals surface area contributed by atoms with E-state index in [1.54, 1.807) is 0 Å². The zero-order chi connectivity index (χ0) is 13.6. The van der Waals surface area contributed by atoms with E-state index in [4.69, 9.17) is 4.74 Å². The van der Waals surface area contributed by atoms with Crippen molar-refractivity contribution in [2.24, 2.45) is 5.41 Å². The maximum Gasteiger partial charge on any atom is 0.0501 e. The van der Waals surface area contributed by atoms with Gasteiger partial charge in [-0.2, -0.15) is 0 Å². The first kappa shape index (κ1) is 14.5. The molecule has 1 aliphatic rings. The second kappa shape index (κ2) is 7.04. The standard InChI is InChI=1S/C16H25NO2/c1-2-15(14-6-4-3-5-7-14)17-12-16(13-18)8-10-19-11-9-16/h3-7,15,17-18H,2,8-13H2,1H3. The Balaban J connectivity index is 1.95. The Morgan fingerprint density at radius 3 is 2.53 bits per heavy atom. The molecular weight excluding hydrogens is 238 g/mol. The van der Waals surface area contributed by atoms with Crippen molar-refractivity contribution in [1.29, 1.82) is 0 Å². The van der Waals surface area contributed by atoms with Gasteiger partial charge in [-0.05, 0) is 24.8 Å². The van der Waals surface area contributed by atoms with E-state index in [2.05, 4.69) is 36.5 Å². The molecule has 1 atom stereocenters. The third-order valence-electron chi connectivity index (χ3n) is 4.22. The number of rotatable bonds is 6. The van der Waals surface area contributed by atoms with Crippen LogP contribution in [0.15, 0.2) is 30.3 Å². The van der Waals surface area contributed by atoms with E-state index in [1.165, 1.54) is 5.56 Å². The van der Waals surface area contributed by atoms with Crippen LogP contribution in [-0.2, 0) is 4.74 Å². The quantitative estimate of drug-likeness (QED) is 0.828. The number of ether oxygens (including phenoxy) is 1. The summed E-state index contributed by atoms with van der Waals surface area (Å²) in [6, 6.07) is 10.9. The minimum absolute atomic E-state index is 0.000447. The lowest BCUT2D eigenvalue weighted by atomic mass is 9.80. The molecule has 3 heteroatoms. The third kappa shape index (κ3) is 3.78. The SMILES string of the molecule is CCC(NCC1(CO)CCOCC1)c1ccccc1. The number of hydrogen-bond acceptors (Lipinski definition) is 3. The first-order valence-electron chi connectivity index (χ1n) is 7.26. The van der Waals surface area contributed by atoms with Crippen molar-refractivity contribution in [2.45, 2.75) is 32.2 Å². The Labute approximate surface area is 116 Å². The van der Waals surface area contributed by atoms with Crippen LogP contribution in [0.3, 0.4) is 0 Å². The lowest BCUT2D eigenvalue weighted by Crippen LogP contribution is -2.42. The van der Waals surface area contributed by atoms with Crippen LogP contribution in [0, 0.1) is 5.41 Å². The van der Waals surface area contributed by atoms with Crippen LogP contribution in [0.1, 0.15) is 37.8 Å². The molecule has 1 aromatic carbocycles. The first-order valence-corrected chi connectivity index (χ1v) is 7.26. The second-order valence-corrected chi connectivity index (χ2v) is 5.52. The maximum atomic E-state index is 9.70. The van der Waals surface area contributed by atoms with E-state index >= 15 is 0 Å². The Bertz CT molecular complexity index is 360. The van der Waals surface area contributed by atoms with Gasteiger partial charge in [-0.1, -0.05) is 37.3 Å². The van der Waals surface area contributed by atoms with E-state index in [0.29, 0.717) is 6.04 Å². The van der Waals surface area contributed by atoms with Gasteiger partial charge in [-0.15, -0.1) is 0 Å². The lowest BCUT2D eigenvalue weighted by Gasteiger charge is -2.37. The van der Waals surface area contributed by atoms with Gasteiger partial charge in [0.2, 0.25) is 0 Å². The van der Waals surface area contributed by atoms with Crippen molar-refractivity contribution in [3.63, 3.8) is 0 Å². The molecule has 2 N–H and O–H groups in total. The Hall–Kier alpha value is -0.900. The van der Waals surface area contributed by atoms with Crippen molar-refractivity contribution < 1.29 is 9.84 Å². The number of aliphatic hydroxyl groups is 1. The highest BCUT2D eigenvalue weighted by Crippen LogP contribution is 2.30. The summed E-state index contributed by atoms with van der Waals surface area (Å²) in [6.07, 6.45) is 2.95. The minimum Gasteiger partial charge on any atom is -0.396 e. The Morgan fingerprint density at radius 1 is 1.26 bits per heavy atom. The summed E-state index contributed by atoms with van der Waals surface area (Å²) in [5.74, 6) is 0. The number of benzene rings is 1. The predicted molar refractivity (Wildman–Crippen MR) is 77.0 cm³/mol. The molecule has 0 radical (unpaired) electrons. The molecule has 0 amide bonds. The van der Waals surface area contributed by atoms with Gasteiger partial charge in [0.15, 0.2) is 0 Å². The molecule has 1 aliphatic heterocycles. The van der Waals surface area contributed by atoms with Crippen LogP contribution in [-0.4, -0.2) is 31.5 Å². The van der Waals surface area contributed by atoms with E-state index in [0.717, 1.165) is 39.0 Å². The zero-order valence-electron chi connectivity index (χ0n) is 11.8. The van der Waals surface area contributed by atoms with Crippen LogP contribution in [0.25, 0.3) is 0 Å². The lowest BCUT2D eigenvalue weighted by molar-refractivity contribution is -0.0166. The highest BCUT2D eigenvalue weighted by atomic mass is 16.5. The fourth-order valence-electron chi connectivity index (χ4n) is 2.72. The fourth-order valence-corrected chi connectivity index (χ4v) is 2.72. The van der Waals surface area contributed by atoms with Gasteiger partial charge in [0, 0.05) is 31.2 Å². The molecule has 1 unspecified atom stereocenters. The van der Waals surface area contributed by atoms with Crippen molar-refractivity contribution in [3.8, 4) is 0 Å². The molecule has 1 saturated heterocycles. The summed E-state index contributed by atoms with van der Waals surface area (Å²) >= 11 is 0. The number of aliphatic hydroxyl groups excluding tert-OH is 1. The summed E-state index contributed by atoms with van der Waals surface area (Å²) in [5.41, 5.74) is 1.32. The van der Waals surface area contributed by atoms with Gasteiger partial charge >= 0.3 is 0 Å². The average molecular weight is 263 g/mol. The summed E-state index contributed by atoms with van der Waals surface area (Å²) in [7, 11) is 0.